The molecule has 1 atom stereocenters. The van der Waals surface area contributed by atoms with Crippen LogP contribution in [0.5, 0.6) is 0 Å². The van der Waals surface area contributed by atoms with Crippen molar-refractivity contribution in [1.82, 2.24) is 16.0 Å². The number of carbonyl (C=O) groups is 2. The van der Waals surface area contributed by atoms with Crippen molar-refractivity contribution >= 4 is 23.5 Å². The number of nitrogens with one attached hydrogen (secondary N) is 3. The summed E-state index contributed by atoms with van der Waals surface area (Å²) in [6, 6.07) is 17.2. The second-order valence-electron chi connectivity index (χ2n) is 7.62. The molecule has 0 aromatic heterocycles. The van der Waals surface area contributed by atoms with Crippen LogP contribution >= 0.6 is 0 Å². The van der Waals surface area contributed by atoms with Gasteiger partial charge < -0.3 is 20.9 Å². The van der Waals surface area contributed by atoms with Gasteiger partial charge in [0.1, 0.15) is 0 Å². The molecule has 1 saturated heterocycles. The predicted molar refractivity (Wildman–Crippen MR) is 124 cm³/mol. The fourth-order valence-corrected chi connectivity index (χ4v) is 3.49. The monoisotopic (exact) mass is 421 g/mol. The highest BCUT2D eigenvalue weighted by Gasteiger charge is 2.31. The van der Waals surface area contributed by atoms with Crippen molar-refractivity contribution in [1.29, 1.82) is 0 Å². The number of nitrogens with zero attached hydrogens (tertiary/aromatic N) is 2. The second kappa shape index (κ2) is 11.2. The number of anilines is 1. The Morgan fingerprint density at radius 1 is 1.10 bits per heavy atom. The lowest BCUT2D eigenvalue weighted by Crippen LogP contribution is -2.44. The standard InChI is InChI=1S/C24H31N5O2/c1-3-4-14-26-23(31)19-12-10-18(11-13-19)16-27-24(25-2)28-20-15-22(30)29(17-20)21-8-6-5-7-9-21/h5-13,20H,3-4,14-17H2,1-2H3,(H,26,31)(H2,25,27,28). The highest BCUT2D eigenvalue weighted by molar-refractivity contribution is 5.97. The summed E-state index contributed by atoms with van der Waals surface area (Å²) in [6.45, 7) is 3.97. The lowest BCUT2D eigenvalue weighted by Gasteiger charge is -2.19. The Hall–Kier alpha value is -3.35. The van der Waals surface area contributed by atoms with Crippen LogP contribution in [-0.2, 0) is 11.3 Å². The van der Waals surface area contributed by atoms with Crippen molar-refractivity contribution in [2.75, 3.05) is 25.0 Å². The first-order chi connectivity index (χ1) is 15.1. The van der Waals surface area contributed by atoms with Crippen LogP contribution in [0.25, 0.3) is 0 Å². The molecule has 1 heterocycles. The van der Waals surface area contributed by atoms with Gasteiger partial charge >= 0.3 is 0 Å². The maximum Gasteiger partial charge on any atom is 0.251 e. The summed E-state index contributed by atoms with van der Waals surface area (Å²) in [6.07, 6.45) is 2.46. The Kier molecular flexibility index (Phi) is 8.04. The number of para-hydroxylation sites is 1. The van der Waals surface area contributed by atoms with Crippen molar-refractivity contribution in [3.63, 3.8) is 0 Å². The molecule has 1 fully saturated rings. The fraction of sp³-hybridized carbons (Fsp3) is 0.375. The number of unbranched alkanes of at least 4 members (excludes halogenated alkanes) is 1. The Balaban J connectivity index is 1.48. The molecule has 3 rings (SSSR count). The second-order valence-corrected chi connectivity index (χ2v) is 7.62. The summed E-state index contributed by atoms with van der Waals surface area (Å²) >= 11 is 0. The summed E-state index contributed by atoms with van der Waals surface area (Å²) in [5.41, 5.74) is 2.62. The molecule has 3 N–H and O–H groups in total. The molecule has 1 unspecified atom stereocenters. The van der Waals surface area contributed by atoms with E-state index in [9.17, 15) is 9.59 Å². The molecule has 1 aliphatic rings. The fourth-order valence-electron chi connectivity index (χ4n) is 3.49. The van der Waals surface area contributed by atoms with E-state index < -0.39 is 0 Å². The van der Waals surface area contributed by atoms with Gasteiger partial charge in [-0.3, -0.25) is 14.6 Å². The average molecular weight is 422 g/mol. The number of aliphatic imine (C=N–C) groups is 1. The molecule has 164 valence electrons. The molecule has 1 aliphatic heterocycles. The first kappa shape index (κ1) is 22.3. The molecule has 2 aromatic carbocycles. The van der Waals surface area contributed by atoms with Gasteiger partial charge in [0.05, 0.1) is 6.04 Å². The van der Waals surface area contributed by atoms with Gasteiger partial charge in [-0.05, 0) is 36.2 Å². The molecule has 0 aliphatic carbocycles. The van der Waals surface area contributed by atoms with Crippen LogP contribution in [0.2, 0.25) is 0 Å². The van der Waals surface area contributed by atoms with Gasteiger partial charge in [0.15, 0.2) is 5.96 Å². The van der Waals surface area contributed by atoms with Crippen LogP contribution in [0.4, 0.5) is 5.69 Å². The van der Waals surface area contributed by atoms with Crippen LogP contribution in [0, 0.1) is 0 Å². The van der Waals surface area contributed by atoms with Crippen LogP contribution < -0.4 is 20.9 Å². The van der Waals surface area contributed by atoms with E-state index in [2.05, 4.69) is 27.9 Å². The zero-order chi connectivity index (χ0) is 22.1. The molecular formula is C24H31N5O2. The van der Waals surface area contributed by atoms with Gasteiger partial charge in [-0.1, -0.05) is 43.7 Å². The first-order valence-corrected chi connectivity index (χ1v) is 10.8. The van der Waals surface area contributed by atoms with Gasteiger partial charge in [0.25, 0.3) is 5.91 Å². The molecule has 7 heteroatoms. The van der Waals surface area contributed by atoms with E-state index in [1.807, 2.05) is 54.6 Å². The van der Waals surface area contributed by atoms with Gasteiger partial charge in [-0.25, -0.2) is 0 Å². The Bertz CT molecular complexity index is 896. The van der Waals surface area contributed by atoms with Crippen molar-refractivity contribution in [2.24, 2.45) is 4.99 Å². The Morgan fingerprint density at radius 2 is 1.84 bits per heavy atom. The minimum absolute atomic E-state index is 0.00639. The van der Waals surface area contributed by atoms with Gasteiger partial charge in [-0.15, -0.1) is 0 Å². The molecule has 2 amide bonds. The minimum atomic E-state index is -0.0423. The SMILES string of the molecule is CCCCNC(=O)c1ccc(CNC(=NC)NC2CC(=O)N(c3ccccc3)C2)cc1. The molecule has 0 bridgehead atoms. The number of hydrogen-bond donors (Lipinski definition) is 3. The number of carbonyl (C=O) groups excluding carboxylic acids is 2. The maximum atomic E-state index is 12.4. The molecule has 0 saturated carbocycles. The number of rotatable bonds is 8. The van der Waals surface area contributed by atoms with Crippen molar-refractivity contribution < 1.29 is 9.59 Å². The summed E-state index contributed by atoms with van der Waals surface area (Å²) in [5, 5.41) is 9.54. The molecule has 2 aromatic rings. The van der Waals surface area contributed by atoms with Gasteiger partial charge in [0.2, 0.25) is 5.91 Å². The predicted octanol–water partition coefficient (Wildman–Crippen LogP) is 2.69. The zero-order valence-electron chi connectivity index (χ0n) is 18.2. The van der Waals surface area contributed by atoms with E-state index in [0.717, 1.165) is 24.1 Å². The molecular weight excluding hydrogens is 390 g/mol. The highest BCUT2D eigenvalue weighted by atomic mass is 16.2. The third-order valence-corrected chi connectivity index (χ3v) is 5.25. The van der Waals surface area contributed by atoms with Crippen molar-refractivity contribution in [2.45, 2.75) is 38.8 Å². The maximum absolute atomic E-state index is 12.4. The number of guanidine groups is 1. The van der Waals surface area contributed by atoms with E-state index in [4.69, 9.17) is 0 Å². The summed E-state index contributed by atoms with van der Waals surface area (Å²) in [4.78, 5) is 30.6. The van der Waals surface area contributed by atoms with Crippen LogP contribution in [-0.4, -0.2) is 44.0 Å². The van der Waals surface area contributed by atoms with Gasteiger partial charge in [0, 0.05) is 44.4 Å². The van der Waals surface area contributed by atoms with Crippen molar-refractivity contribution in [3.8, 4) is 0 Å². The van der Waals surface area contributed by atoms with E-state index in [0.29, 0.717) is 37.6 Å². The van der Waals surface area contributed by atoms with Crippen molar-refractivity contribution in [3.05, 3.63) is 65.7 Å². The quantitative estimate of drug-likeness (QED) is 0.348. The first-order valence-electron chi connectivity index (χ1n) is 10.8. The smallest absolute Gasteiger partial charge is 0.251 e. The largest absolute Gasteiger partial charge is 0.352 e. The molecule has 31 heavy (non-hydrogen) atoms. The average Bonchev–Trinajstić information content (AvgIpc) is 3.17. The highest BCUT2D eigenvalue weighted by Crippen LogP contribution is 2.20. The van der Waals surface area contributed by atoms with Crippen LogP contribution in [0.15, 0.2) is 59.6 Å². The summed E-state index contributed by atoms with van der Waals surface area (Å²) in [5.74, 6) is 0.709. The number of amides is 2. The number of hydrogen-bond acceptors (Lipinski definition) is 3. The zero-order valence-corrected chi connectivity index (χ0v) is 18.2. The summed E-state index contributed by atoms with van der Waals surface area (Å²) < 4.78 is 0. The minimum Gasteiger partial charge on any atom is -0.352 e. The van der Waals surface area contributed by atoms with Crippen LogP contribution in [0.3, 0.4) is 0 Å². The van der Waals surface area contributed by atoms with E-state index in [1.54, 1.807) is 11.9 Å². The Morgan fingerprint density at radius 3 is 2.52 bits per heavy atom. The Labute approximate surface area is 183 Å². The third kappa shape index (κ3) is 6.31. The lowest BCUT2D eigenvalue weighted by atomic mass is 10.1. The number of benzene rings is 2. The lowest BCUT2D eigenvalue weighted by molar-refractivity contribution is -0.117. The van der Waals surface area contributed by atoms with E-state index in [1.165, 1.54) is 0 Å². The molecule has 7 nitrogen and oxygen atoms in total. The van der Waals surface area contributed by atoms with Gasteiger partial charge in [-0.2, -0.15) is 0 Å². The topological polar surface area (TPSA) is 85.8 Å². The summed E-state index contributed by atoms with van der Waals surface area (Å²) in [7, 11) is 1.71. The third-order valence-electron chi connectivity index (χ3n) is 5.25. The van der Waals surface area contributed by atoms with Crippen LogP contribution in [0.1, 0.15) is 42.1 Å². The van der Waals surface area contributed by atoms with E-state index in [-0.39, 0.29) is 17.9 Å². The molecule has 0 radical (unpaired) electrons. The normalized spacial score (nSPS) is 16.3. The molecule has 0 spiro atoms. The van der Waals surface area contributed by atoms with E-state index >= 15 is 0 Å².